The fraction of sp³-hybridized carbons (Fsp3) is 0.684. The molecule has 0 amide bonds. The molecule has 4 heterocycles. The quantitative estimate of drug-likeness (QED) is 0.778. The number of hydrogen-bond donors (Lipinski definition) is 1. The third-order valence-electron chi connectivity index (χ3n) is 5.86. The van der Waals surface area contributed by atoms with Crippen molar-refractivity contribution in [1.82, 2.24) is 19.5 Å². The van der Waals surface area contributed by atoms with Gasteiger partial charge in [0.05, 0.1) is 6.33 Å². The smallest absolute Gasteiger partial charge is 0.167 e. The van der Waals surface area contributed by atoms with Crippen molar-refractivity contribution >= 4 is 23.3 Å². The summed E-state index contributed by atoms with van der Waals surface area (Å²) in [6, 6.07) is 0. The van der Waals surface area contributed by atoms with E-state index in [2.05, 4.69) is 20.3 Å². The van der Waals surface area contributed by atoms with Crippen molar-refractivity contribution in [1.29, 1.82) is 0 Å². The van der Waals surface area contributed by atoms with Crippen molar-refractivity contribution in [3.05, 3.63) is 12.7 Å². The lowest BCUT2D eigenvalue weighted by Crippen LogP contribution is -2.30. The number of imidazole rings is 1. The van der Waals surface area contributed by atoms with Gasteiger partial charge < -0.3 is 24.3 Å². The van der Waals surface area contributed by atoms with Gasteiger partial charge in [0.2, 0.25) is 0 Å². The highest BCUT2D eigenvalue weighted by atomic mass is 16.8. The highest BCUT2D eigenvalue weighted by Crippen LogP contribution is 2.43. The van der Waals surface area contributed by atoms with Crippen molar-refractivity contribution in [2.75, 3.05) is 11.9 Å². The molecule has 150 valence electrons. The van der Waals surface area contributed by atoms with E-state index < -0.39 is 30.3 Å². The zero-order valence-corrected chi connectivity index (χ0v) is 16.1. The van der Waals surface area contributed by atoms with Gasteiger partial charge >= 0.3 is 0 Å². The largest absolute Gasteiger partial charge is 0.368 e. The molecular formula is C19H25N5O4. The van der Waals surface area contributed by atoms with Crippen LogP contribution in [0.5, 0.6) is 0 Å². The first-order valence-electron chi connectivity index (χ1n) is 9.93. The number of aromatic nitrogens is 4. The van der Waals surface area contributed by atoms with E-state index in [4.69, 9.17) is 14.2 Å². The van der Waals surface area contributed by atoms with Gasteiger partial charge in [-0.3, -0.25) is 4.57 Å². The van der Waals surface area contributed by atoms with Crippen LogP contribution in [0.2, 0.25) is 0 Å². The molecule has 0 bridgehead atoms. The van der Waals surface area contributed by atoms with E-state index in [1.54, 1.807) is 6.33 Å². The maximum atomic E-state index is 11.5. The molecular weight excluding hydrogens is 362 g/mol. The molecule has 2 aromatic rings. The summed E-state index contributed by atoms with van der Waals surface area (Å²) < 4.78 is 19.6. The molecule has 9 nitrogen and oxygen atoms in total. The van der Waals surface area contributed by atoms with Gasteiger partial charge in [0.1, 0.15) is 24.6 Å². The summed E-state index contributed by atoms with van der Waals surface area (Å²) in [5.41, 5.74) is 1.33. The van der Waals surface area contributed by atoms with Crippen LogP contribution in [0.15, 0.2) is 12.7 Å². The molecule has 0 spiro atoms. The minimum Gasteiger partial charge on any atom is -0.368 e. The summed E-state index contributed by atoms with van der Waals surface area (Å²) in [7, 11) is 0. The van der Waals surface area contributed by atoms with Gasteiger partial charge in [-0.1, -0.05) is 12.8 Å². The zero-order valence-electron chi connectivity index (χ0n) is 16.1. The molecule has 28 heavy (non-hydrogen) atoms. The van der Waals surface area contributed by atoms with Gasteiger partial charge in [0.15, 0.2) is 35.3 Å². The molecule has 9 heteroatoms. The standard InChI is InChI=1S/C19H25N5O4/c1-19(2)27-14-12(8-25)26-18(15(14)28-19)24-10-23-13-16(21-9-22-17(13)24)20-7-11-5-3-4-6-11/h8-12,14-15,18H,3-7H2,1-2H3,(H,20,21,22)/t12-,14-,15+,18+/m0/s1. The Kier molecular flexibility index (Phi) is 4.33. The van der Waals surface area contributed by atoms with E-state index in [0.717, 1.165) is 18.6 Å². The summed E-state index contributed by atoms with van der Waals surface area (Å²) in [6.45, 7) is 4.56. The Hall–Kier alpha value is -2.10. The lowest BCUT2D eigenvalue weighted by atomic mass is 10.1. The first-order chi connectivity index (χ1) is 13.6. The Morgan fingerprint density at radius 3 is 2.79 bits per heavy atom. The fourth-order valence-corrected chi connectivity index (χ4v) is 4.56. The monoisotopic (exact) mass is 387 g/mol. The number of aldehydes is 1. The van der Waals surface area contributed by atoms with Crippen LogP contribution >= 0.6 is 0 Å². The van der Waals surface area contributed by atoms with Crippen molar-refractivity contribution in [3.8, 4) is 0 Å². The van der Waals surface area contributed by atoms with Crippen molar-refractivity contribution in [2.45, 2.75) is 69.9 Å². The number of anilines is 1. The van der Waals surface area contributed by atoms with E-state index in [-0.39, 0.29) is 0 Å². The Morgan fingerprint density at radius 2 is 2.00 bits per heavy atom. The maximum Gasteiger partial charge on any atom is 0.167 e. The number of ether oxygens (including phenoxy) is 3. The van der Waals surface area contributed by atoms with Crippen LogP contribution in [0.3, 0.4) is 0 Å². The van der Waals surface area contributed by atoms with Crippen LogP contribution in [0.25, 0.3) is 11.2 Å². The van der Waals surface area contributed by atoms with Crippen LogP contribution in [-0.2, 0) is 19.0 Å². The van der Waals surface area contributed by atoms with E-state index in [0.29, 0.717) is 17.1 Å². The summed E-state index contributed by atoms with van der Waals surface area (Å²) in [6.07, 6.45) is 7.01. The third kappa shape index (κ3) is 2.98. The van der Waals surface area contributed by atoms with Gasteiger partial charge in [-0.05, 0) is 32.6 Å². The van der Waals surface area contributed by atoms with E-state index in [1.165, 1.54) is 32.0 Å². The molecule has 1 aliphatic carbocycles. The molecule has 1 N–H and O–H groups in total. The second-order valence-corrected chi connectivity index (χ2v) is 8.27. The van der Waals surface area contributed by atoms with Crippen molar-refractivity contribution in [3.63, 3.8) is 0 Å². The van der Waals surface area contributed by atoms with Gasteiger partial charge in [-0.2, -0.15) is 0 Å². The summed E-state index contributed by atoms with van der Waals surface area (Å²) >= 11 is 0. The molecule has 3 fully saturated rings. The minimum atomic E-state index is -0.766. The molecule has 5 rings (SSSR count). The molecule has 0 aromatic carbocycles. The van der Waals surface area contributed by atoms with Crippen molar-refractivity contribution in [2.24, 2.45) is 5.92 Å². The first-order valence-corrected chi connectivity index (χ1v) is 9.93. The molecule has 2 aromatic heterocycles. The van der Waals surface area contributed by atoms with E-state index >= 15 is 0 Å². The molecule has 2 saturated heterocycles. The van der Waals surface area contributed by atoms with Crippen LogP contribution < -0.4 is 5.32 Å². The Labute approximate surface area is 162 Å². The Bertz CT molecular complexity index is 878. The molecule has 3 aliphatic rings. The average molecular weight is 387 g/mol. The second kappa shape index (κ2) is 6.75. The summed E-state index contributed by atoms with van der Waals surface area (Å²) in [5.74, 6) is 0.643. The molecule has 2 aliphatic heterocycles. The maximum absolute atomic E-state index is 11.5. The second-order valence-electron chi connectivity index (χ2n) is 8.27. The predicted molar refractivity (Wildman–Crippen MR) is 99.6 cm³/mol. The SMILES string of the molecule is CC1(C)O[C@@H]2[C@@H](O1)[C@H](n1cnc3c(NCC4CCCC4)ncnc31)O[C@H]2C=O. The van der Waals surface area contributed by atoms with E-state index in [9.17, 15) is 4.79 Å². The number of fused-ring (bicyclic) bond motifs is 2. The molecule has 1 saturated carbocycles. The van der Waals surface area contributed by atoms with Crippen LogP contribution in [0.4, 0.5) is 5.82 Å². The summed E-state index contributed by atoms with van der Waals surface area (Å²) in [5, 5.41) is 3.43. The van der Waals surface area contributed by atoms with Gasteiger partial charge in [0, 0.05) is 6.54 Å². The van der Waals surface area contributed by atoms with Gasteiger partial charge in [-0.15, -0.1) is 0 Å². The average Bonchev–Trinajstić information content (AvgIpc) is 3.43. The number of carbonyl (C=O) groups excluding carboxylic acids is 1. The molecule has 0 unspecified atom stereocenters. The van der Waals surface area contributed by atoms with Crippen LogP contribution in [0.1, 0.15) is 45.8 Å². The highest BCUT2D eigenvalue weighted by Gasteiger charge is 2.56. The normalized spacial score (nSPS) is 32.1. The molecule has 4 atom stereocenters. The van der Waals surface area contributed by atoms with Crippen molar-refractivity contribution < 1.29 is 19.0 Å². The number of rotatable bonds is 5. The number of hydrogen-bond acceptors (Lipinski definition) is 8. The number of nitrogens with zero attached hydrogens (tertiary/aromatic N) is 4. The summed E-state index contributed by atoms with van der Waals surface area (Å²) in [4.78, 5) is 24.8. The minimum absolute atomic E-state index is 0.410. The van der Waals surface area contributed by atoms with Crippen LogP contribution in [-0.4, -0.2) is 56.4 Å². The van der Waals surface area contributed by atoms with Gasteiger partial charge in [-0.25, -0.2) is 15.0 Å². The zero-order chi connectivity index (χ0) is 19.3. The number of carbonyl (C=O) groups is 1. The molecule has 0 radical (unpaired) electrons. The highest BCUT2D eigenvalue weighted by molar-refractivity contribution is 5.82. The lowest BCUT2D eigenvalue weighted by molar-refractivity contribution is -0.194. The topological polar surface area (TPSA) is 100 Å². The Morgan fingerprint density at radius 1 is 1.21 bits per heavy atom. The van der Waals surface area contributed by atoms with Gasteiger partial charge in [0.25, 0.3) is 0 Å². The first kappa shape index (κ1) is 18.0. The predicted octanol–water partition coefficient (Wildman–Crippen LogP) is 2.04. The van der Waals surface area contributed by atoms with Crippen LogP contribution in [0, 0.1) is 5.92 Å². The fourth-order valence-electron chi connectivity index (χ4n) is 4.56. The van der Waals surface area contributed by atoms with E-state index in [1.807, 2.05) is 18.4 Å². The Balaban J connectivity index is 1.43. The third-order valence-corrected chi connectivity index (χ3v) is 5.86. The number of nitrogens with one attached hydrogen (secondary N) is 1. The lowest BCUT2D eigenvalue weighted by Gasteiger charge is -2.23.